The number of hydrogen-bond donors (Lipinski definition) is 1. The van der Waals surface area contributed by atoms with Crippen LogP contribution in [0.5, 0.6) is 0 Å². The zero-order chi connectivity index (χ0) is 11.4. The number of rotatable bonds is 4. The molecule has 1 unspecified atom stereocenters. The first-order chi connectivity index (χ1) is 6.10. The van der Waals surface area contributed by atoms with Crippen LogP contribution in [0.2, 0.25) is 0 Å². The Morgan fingerprint density at radius 1 is 1.21 bits per heavy atom. The first-order valence-electron chi connectivity index (χ1n) is 4.56. The molecule has 0 bridgehead atoms. The maximum atomic E-state index is 11.8. The molecule has 0 rings (SSSR count). The Bertz CT molecular complexity index is 144. The molecule has 0 heterocycles. The third kappa shape index (κ3) is 10.2. The van der Waals surface area contributed by atoms with Gasteiger partial charge in [0.15, 0.2) is 0 Å². The Morgan fingerprint density at radius 2 is 1.71 bits per heavy atom. The zero-order valence-corrected chi connectivity index (χ0v) is 9.63. The van der Waals surface area contributed by atoms with E-state index in [0.717, 1.165) is 0 Å². The Kier molecular flexibility index (Phi) is 5.30. The molecule has 0 radical (unpaired) electrons. The van der Waals surface area contributed by atoms with Crippen molar-refractivity contribution in [3.8, 4) is 0 Å². The fourth-order valence-electron chi connectivity index (χ4n) is 0.789. The summed E-state index contributed by atoms with van der Waals surface area (Å²) in [6, 6.07) is -0.360. The first kappa shape index (κ1) is 14.1. The van der Waals surface area contributed by atoms with Crippen LogP contribution in [0.25, 0.3) is 0 Å². The van der Waals surface area contributed by atoms with E-state index in [2.05, 4.69) is 0 Å². The molecule has 0 saturated carbocycles. The number of nitrogens with two attached hydrogens (primary N) is 1. The Labute approximate surface area is 87.6 Å². The van der Waals surface area contributed by atoms with Gasteiger partial charge in [0, 0.05) is 23.0 Å². The normalized spacial score (nSPS) is 15.6. The van der Waals surface area contributed by atoms with E-state index in [-0.39, 0.29) is 17.2 Å². The van der Waals surface area contributed by atoms with Gasteiger partial charge in [0.1, 0.15) is 0 Å². The summed E-state index contributed by atoms with van der Waals surface area (Å²) in [5, 5.41) is 0. The molecule has 1 atom stereocenters. The molecule has 1 nitrogen and oxygen atoms in total. The van der Waals surface area contributed by atoms with Gasteiger partial charge >= 0.3 is 6.18 Å². The highest BCUT2D eigenvalue weighted by Crippen LogP contribution is 2.26. The fourth-order valence-corrected chi connectivity index (χ4v) is 1.67. The Hall–Kier alpha value is 0.100. The minimum absolute atomic E-state index is 0.0204. The summed E-state index contributed by atoms with van der Waals surface area (Å²) in [5.41, 5.74) is 5.57. The summed E-state index contributed by atoms with van der Waals surface area (Å²) in [6.45, 7) is 6.07. The molecule has 0 aliphatic heterocycles. The number of thioether (sulfide) groups is 1. The lowest BCUT2D eigenvalue weighted by atomic mass is 10.2. The molecule has 86 valence electrons. The standard InChI is InChI=1S/C9H18F3NS/c1-8(2,3)14-6-7(13)4-5-9(10,11)12/h7H,4-6,13H2,1-3H3. The molecule has 0 aromatic heterocycles. The monoisotopic (exact) mass is 229 g/mol. The van der Waals surface area contributed by atoms with Gasteiger partial charge in [-0.25, -0.2) is 0 Å². The molecule has 2 N–H and O–H groups in total. The quantitative estimate of drug-likeness (QED) is 0.801. The molecule has 0 aromatic rings. The SMILES string of the molecule is CC(C)(C)SCC(N)CCC(F)(F)F. The number of halogens is 3. The van der Waals surface area contributed by atoms with Crippen molar-refractivity contribution in [3.05, 3.63) is 0 Å². The lowest BCUT2D eigenvalue weighted by Gasteiger charge is -2.20. The lowest BCUT2D eigenvalue weighted by molar-refractivity contribution is -0.136. The third-order valence-corrected chi connectivity index (χ3v) is 2.99. The average Bonchev–Trinajstić information content (AvgIpc) is 1.94. The summed E-state index contributed by atoms with van der Waals surface area (Å²) >= 11 is 1.60. The van der Waals surface area contributed by atoms with E-state index < -0.39 is 12.6 Å². The van der Waals surface area contributed by atoms with Gasteiger partial charge in [0.25, 0.3) is 0 Å². The van der Waals surface area contributed by atoms with Crippen LogP contribution in [0.15, 0.2) is 0 Å². The molecule has 0 aromatic carbocycles. The van der Waals surface area contributed by atoms with Gasteiger partial charge in [0.05, 0.1) is 0 Å². The zero-order valence-electron chi connectivity index (χ0n) is 8.82. The second kappa shape index (κ2) is 5.26. The van der Waals surface area contributed by atoms with E-state index in [4.69, 9.17) is 5.73 Å². The van der Waals surface area contributed by atoms with Crippen molar-refractivity contribution in [2.75, 3.05) is 5.75 Å². The minimum atomic E-state index is -4.08. The summed E-state index contributed by atoms with van der Waals surface area (Å²) in [5.74, 6) is 0.583. The summed E-state index contributed by atoms with van der Waals surface area (Å²) in [6.07, 6.45) is -4.84. The molecule has 0 spiro atoms. The van der Waals surface area contributed by atoms with E-state index in [1.165, 1.54) is 0 Å². The largest absolute Gasteiger partial charge is 0.389 e. The predicted molar refractivity (Wildman–Crippen MR) is 55.5 cm³/mol. The highest BCUT2D eigenvalue weighted by atomic mass is 32.2. The van der Waals surface area contributed by atoms with E-state index in [9.17, 15) is 13.2 Å². The van der Waals surface area contributed by atoms with Crippen LogP contribution in [-0.2, 0) is 0 Å². The van der Waals surface area contributed by atoms with Gasteiger partial charge in [-0.3, -0.25) is 0 Å². The lowest BCUT2D eigenvalue weighted by Crippen LogP contribution is -2.27. The van der Waals surface area contributed by atoms with Crippen molar-refractivity contribution >= 4 is 11.8 Å². The molecule has 14 heavy (non-hydrogen) atoms. The number of alkyl halides is 3. The van der Waals surface area contributed by atoms with Crippen LogP contribution in [0, 0.1) is 0 Å². The summed E-state index contributed by atoms with van der Waals surface area (Å²) in [4.78, 5) is 0. The van der Waals surface area contributed by atoms with Gasteiger partial charge < -0.3 is 5.73 Å². The van der Waals surface area contributed by atoms with Gasteiger partial charge in [-0.1, -0.05) is 20.8 Å². The maximum Gasteiger partial charge on any atom is 0.389 e. The average molecular weight is 229 g/mol. The molecule has 0 aliphatic carbocycles. The molecule has 0 saturated heterocycles. The third-order valence-electron chi connectivity index (χ3n) is 1.53. The smallest absolute Gasteiger partial charge is 0.327 e. The van der Waals surface area contributed by atoms with Gasteiger partial charge in [0.2, 0.25) is 0 Å². The molecule has 0 fully saturated rings. The molecular formula is C9H18F3NS. The van der Waals surface area contributed by atoms with Crippen LogP contribution < -0.4 is 5.73 Å². The van der Waals surface area contributed by atoms with E-state index >= 15 is 0 Å². The van der Waals surface area contributed by atoms with Crippen LogP contribution in [0.3, 0.4) is 0 Å². The Morgan fingerprint density at radius 3 is 2.07 bits per heavy atom. The molecule has 0 amide bonds. The molecular weight excluding hydrogens is 211 g/mol. The molecule has 5 heteroatoms. The number of hydrogen-bond acceptors (Lipinski definition) is 2. The van der Waals surface area contributed by atoms with Crippen LogP contribution >= 0.6 is 11.8 Å². The first-order valence-corrected chi connectivity index (χ1v) is 5.55. The second-order valence-electron chi connectivity index (χ2n) is 4.34. The van der Waals surface area contributed by atoms with Crippen LogP contribution in [-0.4, -0.2) is 22.7 Å². The van der Waals surface area contributed by atoms with Crippen LogP contribution in [0.4, 0.5) is 13.2 Å². The van der Waals surface area contributed by atoms with Gasteiger partial charge in [-0.05, 0) is 6.42 Å². The minimum Gasteiger partial charge on any atom is -0.327 e. The second-order valence-corrected chi connectivity index (χ2v) is 6.18. The van der Waals surface area contributed by atoms with E-state index in [0.29, 0.717) is 5.75 Å². The molecule has 0 aliphatic rings. The van der Waals surface area contributed by atoms with Gasteiger partial charge in [-0.15, -0.1) is 0 Å². The fraction of sp³-hybridized carbons (Fsp3) is 1.00. The highest BCUT2D eigenvalue weighted by molar-refractivity contribution is 8.00. The predicted octanol–water partition coefficient (Wildman–Crippen LogP) is 3.19. The summed E-state index contributed by atoms with van der Waals surface area (Å²) < 4.78 is 35.5. The van der Waals surface area contributed by atoms with Crippen molar-refractivity contribution in [2.45, 2.75) is 50.6 Å². The van der Waals surface area contributed by atoms with Crippen LogP contribution in [0.1, 0.15) is 33.6 Å². The summed E-state index contributed by atoms with van der Waals surface area (Å²) in [7, 11) is 0. The van der Waals surface area contributed by atoms with Crippen molar-refractivity contribution in [3.63, 3.8) is 0 Å². The highest BCUT2D eigenvalue weighted by Gasteiger charge is 2.27. The van der Waals surface area contributed by atoms with Crippen molar-refractivity contribution in [1.29, 1.82) is 0 Å². The van der Waals surface area contributed by atoms with E-state index in [1.54, 1.807) is 11.8 Å². The maximum absolute atomic E-state index is 11.8. The van der Waals surface area contributed by atoms with E-state index in [1.807, 2.05) is 20.8 Å². The van der Waals surface area contributed by atoms with Crippen molar-refractivity contribution < 1.29 is 13.2 Å². The topological polar surface area (TPSA) is 26.0 Å². The van der Waals surface area contributed by atoms with Gasteiger partial charge in [-0.2, -0.15) is 24.9 Å². The van der Waals surface area contributed by atoms with Crippen molar-refractivity contribution in [1.82, 2.24) is 0 Å². The van der Waals surface area contributed by atoms with Crippen molar-refractivity contribution in [2.24, 2.45) is 5.73 Å². The Balaban J connectivity index is 3.62.